The molecule has 0 radical (unpaired) electrons. The average Bonchev–Trinajstić information content (AvgIpc) is 3.02. The summed E-state index contributed by atoms with van der Waals surface area (Å²) in [7, 11) is 0. The standard InChI is InChI=1S/C15H8ClF7N2O2/c16-9-3-1-2-8(6-9)11-5-4-10(27-11)7-24-25-12(26)13(17,18)14(19,20)15(21,22)23/h1-7H,(H,25,26)/b24-7-. The number of nitrogens with zero attached hydrogens (tertiary/aromatic N) is 1. The maximum atomic E-state index is 13.1. The molecule has 0 aliphatic carbocycles. The molecule has 1 N–H and O–H groups in total. The van der Waals surface area contributed by atoms with Gasteiger partial charge in [-0.2, -0.15) is 35.8 Å². The second kappa shape index (κ2) is 7.22. The molecule has 27 heavy (non-hydrogen) atoms. The summed E-state index contributed by atoms with van der Waals surface area (Å²) >= 11 is 5.80. The van der Waals surface area contributed by atoms with Gasteiger partial charge in [0.2, 0.25) is 0 Å². The molecular weight excluding hydrogens is 409 g/mol. The van der Waals surface area contributed by atoms with E-state index < -0.39 is 23.9 Å². The number of carbonyl (C=O) groups excluding carboxylic acids is 1. The molecule has 1 aromatic carbocycles. The average molecular weight is 417 g/mol. The predicted octanol–water partition coefficient (Wildman–Crippen LogP) is 4.88. The van der Waals surface area contributed by atoms with Gasteiger partial charge < -0.3 is 4.42 Å². The fraction of sp³-hybridized carbons (Fsp3) is 0.200. The van der Waals surface area contributed by atoms with E-state index >= 15 is 0 Å². The zero-order chi connectivity index (χ0) is 20.5. The van der Waals surface area contributed by atoms with Gasteiger partial charge in [-0.1, -0.05) is 23.7 Å². The lowest BCUT2D eigenvalue weighted by atomic mass is 10.1. The summed E-state index contributed by atoms with van der Waals surface area (Å²) in [6.45, 7) is 0. The lowest BCUT2D eigenvalue weighted by Gasteiger charge is -2.26. The second-order valence-electron chi connectivity index (χ2n) is 5.06. The van der Waals surface area contributed by atoms with Crippen LogP contribution < -0.4 is 5.43 Å². The number of alkyl halides is 7. The molecule has 0 saturated heterocycles. The van der Waals surface area contributed by atoms with E-state index in [0.29, 0.717) is 16.8 Å². The Morgan fingerprint density at radius 2 is 1.74 bits per heavy atom. The van der Waals surface area contributed by atoms with Crippen LogP contribution in [0.2, 0.25) is 5.02 Å². The summed E-state index contributed by atoms with van der Waals surface area (Å²) in [5, 5.41) is 3.30. The first kappa shape index (κ1) is 20.7. The van der Waals surface area contributed by atoms with Gasteiger partial charge in [-0.15, -0.1) is 0 Å². The van der Waals surface area contributed by atoms with Crippen molar-refractivity contribution < 1.29 is 39.9 Å². The number of rotatable bonds is 5. The molecule has 4 nitrogen and oxygen atoms in total. The SMILES string of the molecule is O=C(N/N=C\c1ccc(-c2cccc(Cl)c2)o1)C(F)(F)C(F)(F)C(F)(F)F. The molecule has 0 atom stereocenters. The van der Waals surface area contributed by atoms with Crippen LogP contribution in [0.4, 0.5) is 30.7 Å². The van der Waals surface area contributed by atoms with Crippen LogP contribution in [-0.2, 0) is 4.79 Å². The number of carbonyl (C=O) groups is 1. The van der Waals surface area contributed by atoms with Crippen LogP contribution in [0.5, 0.6) is 0 Å². The van der Waals surface area contributed by atoms with Gasteiger partial charge in [0.25, 0.3) is 0 Å². The van der Waals surface area contributed by atoms with Gasteiger partial charge in [0.05, 0.1) is 6.21 Å². The molecule has 1 aromatic heterocycles. The van der Waals surface area contributed by atoms with Crippen LogP contribution in [-0.4, -0.2) is 30.1 Å². The Bertz CT molecular complexity index is 862. The lowest BCUT2D eigenvalue weighted by molar-refractivity contribution is -0.344. The quantitative estimate of drug-likeness (QED) is 0.429. The molecule has 1 heterocycles. The second-order valence-corrected chi connectivity index (χ2v) is 5.49. The van der Waals surface area contributed by atoms with E-state index in [0.717, 1.165) is 5.43 Å². The summed E-state index contributed by atoms with van der Waals surface area (Å²) < 4.78 is 92.8. The van der Waals surface area contributed by atoms with Crippen molar-refractivity contribution in [2.24, 2.45) is 5.10 Å². The van der Waals surface area contributed by atoms with Gasteiger partial charge in [-0.3, -0.25) is 4.79 Å². The van der Waals surface area contributed by atoms with Crippen molar-refractivity contribution in [3.63, 3.8) is 0 Å². The monoisotopic (exact) mass is 416 g/mol. The molecule has 0 spiro atoms. The number of nitrogens with one attached hydrogen (secondary N) is 1. The van der Waals surface area contributed by atoms with E-state index in [1.807, 2.05) is 0 Å². The van der Waals surface area contributed by atoms with Crippen LogP contribution >= 0.6 is 11.6 Å². The Hall–Kier alpha value is -2.56. The maximum absolute atomic E-state index is 13.1. The highest BCUT2D eigenvalue weighted by Gasteiger charge is 2.76. The molecule has 0 saturated carbocycles. The minimum atomic E-state index is -6.62. The van der Waals surface area contributed by atoms with Gasteiger partial charge in [-0.05, 0) is 24.3 Å². The number of hydrogen-bond donors (Lipinski definition) is 1. The number of amides is 1. The van der Waals surface area contributed by atoms with E-state index in [2.05, 4.69) is 5.10 Å². The van der Waals surface area contributed by atoms with Gasteiger partial charge in [-0.25, -0.2) is 5.43 Å². The van der Waals surface area contributed by atoms with Gasteiger partial charge in [0.15, 0.2) is 0 Å². The maximum Gasteiger partial charge on any atom is 0.460 e. The number of halogens is 8. The highest BCUT2D eigenvalue weighted by atomic mass is 35.5. The summed E-state index contributed by atoms with van der Waals surface area (Å²) in [4.78, 5) is 11.0. The first-order valence-corrected chi connectivity index (χ1v) is 7.25. The Kier molecular flexibility index (Phi) is 5.55. The largest absolute Gasteiger partial charge is 0.460 e. The van der Waals surface area contributed by atoms with Crippen LogP contribution in [0.1, 0.15) is 5.76 Å². The number of hydrazone groups is 1. The van der Waals surface area contributed by atoms with E-state index in [1.165, 1.54) is 12.1 Å². The van der Waals surface area contributed by atoms with Crippen molar-refractivity contribution in [2.45, 2.75) is 18.0 Å². The summed E-state index contributed by atoms with van der Waals surface area (Å²) in [6, 6.07) is 9.12. The summed E-state index contributed by atoms with van der Waals surface area (Å²) in [6.07, 6.45) is -5.97. The van der Waals surface area contributed by atoms with Crippen molar-refractivity contribution in [1.29, 1.82) is 0 Å². The molecule has 2 rings (SSSR count). The van der Waals surface area contributed by atoms with E-state index in [9.17, 15) is 35.5 Å². The topological polar surface area (TPSA) is 54.6 Å². The molecule has 0 fully saturated rings. The molecule has 0 aliphatic heterocycles. The van der Waals surface area contributed by atoms with E-state index in [4.69, 9.17) is 16.0 Å². The third-order valence-electron chi connectivity index (χ3n) is 3.13. The number of benzene rings is 1. The third-order valence-corrected chi connectivity index (χ3v) is 3.36. The Balaban J connectivity index is 2.08. The molecule has 0 aliphatic rings. The van der Waals surface area contributed by atoms with Gasteiger partial charge >= 0.3 is 23.9 Å². The minimum absolute atomic E-state index is 0.101. The minimum Gasteiger partial charge on any atom is -0.455 e. The van der Waals surface area contributed by atoms with Crippen LogP contribution in [0, 0.1) is 0 Å². The number of hydrogen-bond acceptors (Lipinski definition) is 3. The third kappa shape index (κ3) is 4.24. The fourth-order valence-electron chi connectivity index (χ4n) is 1.76. The summed E-state index contributed by atoms with van der Waals surface area (Å²) in [5.41, 5.74) is 1.47. The van der Waals surface area contributed by atoms with Crippen molar-refractivity contribution in [3.05, 3.63) is 47.2 Å². The van der Waals surface area contributed by atoms with Crippen molar-refractivity contribution in [2.75, 3.05) is 0 Å². The van der Waals surface area contributed by atoms with Crippen molar-refractivity contribution >= 4 is 23.7 Å². The van der Waals surface area contributed by atoms with Crippen LogP contribution in [0.3, 0.4) is 0 Å². The van der Waals surface area contributed by atoms with Crippen molar-refractivity contribution in [1.82, 2.24) is 5.43 Å². The Labute approximate surface area is 151 Å². The molecular formula is C15H8ClF7N2O2. The fourth-order valence-corrected chi connectivity index (χ4v) is 1.95. The molecule has 0 bridgehead atoms. The molecule has 146 valence electrons. The van der Waals surface area contributed by atoms with Gasteiger partial charge in [0.1, 0.15) is 11.5 Å². The van der Waals surface area contributed by atoms with Crippen LogP contribution in [0.15, 0.2) is 45.9 Å². The molecule has 12 heteroatoms. The van der Waals surface area contributed by atoms with E-state index in [-0.39, 0.29) is 11.5 Å². The summed E-state index contributed by atoms with van der Waals surface area (Å²) in [5.74, 6) is -15.4. The first-order chi connectivity index (χ1) is 12.4. The highest BCUT2D eigenvalue weighted by Crippen LogP contribution is 2.46. The predicted molar refractivity (Wildman–Crippen MR) is 80.8 cm³/mol. The van der Waals surface area contributed by atoms with E-state index in [1.54, 1.807) is 24.3 Å². The first-order valence-electron chi connectivity index (χ1n) is 6.88. The van der Waals surface area contributed by atoms with Crippen LogP contribution in [0.25, 0.3) is 11.3 Å². The molecule has 0 unspecified atom stereocenters. The smallest absolute Gasteiger partial charge is 0.455 e. The van der Waals surface area contributed by atoms with Crippen molar-refractivity contribution in [3.8, 4) is 11.3 Å². The molecule has 2 aromatic rings. The Morgan fingerprint density at radius 3 is 2.33 bits per heavy atom. The molecule has 1 amide bonds. The highest BCUT2D eigenvalue weighted by molar-refractivity contribution is 6.30. The zero-order valence-electron chi connectivity index (χ0n) is 12.8. The zero-order valence-corrected chi connectivity index (χ0v) is 13.6. The van der Waals surface area contributed by atoms with Gasteiger partial charge in [0, 0.05) is 10.6 Å². The lowest BCUT2D eigenvalue weighted by Crippen LogP contribution is -2.58. The number of furan rings is 1. The normalized spacial score (nSPS) is 13.2. The Morgan fingerprint density at radius 1 is 1.07 bits per heavy atom.